The summed E-state index contributed by atoms with van der Waals surface area (Å²) >= 11 is 3.21. The van der Waals surface area contributed by atoms with Gasteiger partial charge in [-0.2, -0.15) is 4.98 Å². The van der Waals surface area contributed by atoms with Crippen LogP contribution in [0.4, 0.5) is 0 Å². The number of phenols is 1. The molecule has 1 heterocycles. The predicted molar refractivity (Wildman–Crippen MR) is 63.2 cm³/mol. The molecule has 0 unspecified atom stereocenters. The Morgan fingerprint density at radius 3 is 2.69 bits per heavy atom. The van der Waals surface area contributed by atoms with Gasteiger partial charge < -0.3 is 9.63 Å². The number of halogens is 1. The van der Waals surface area contributed by atoms with Crippen molar-refractivity contribution in [2.45, 2.75) is 19.8 Å². The van der Waals surface area contributed by atoms with Crippen LogP contribution in [0.25, 0.3) is 11.5 Å². The largest absolute Gasteiger partial charge is 0.507 e. The van der Waals surface area contributed by atoms with E-state index in [-0.39, 0.29) is 11.7 Å². The van der Waals surface area contributed by atoms with E-state index in [2.05, 4.69) is 26.1 Å². The maximum Gasteiger partial charge on any atom is 0.258 e. The Morgan fingerprint density at radius 2 is 2.12 bits per heavy atom. The number of hydrogen-bond acceptors (Lipinski definition) is 4. The van der Waals surface area contributed by atoms with Gasteiger partial charge in [0.1, 0.15) is 5.75 Å². The Morgan fingerprint density at radius 1 is 1.38 bits per heavy atom. The van der Waals surface area contributed by atoms with Crippen molar-refractivity contribution in [3.05, 3.63) is 28.5 Å². The Bertz CT molecular complexity index is 508. The standard InChI is InChI=1S/C11H11BrN2O2/c1-6(2)10-13-11(16-14-10)7-3-4-8(12)9(15)5-7/h3-6,15H,1-2H3. The van der Waals surface area contributed by atoms with E-state index in [1.807, 2.05) is 13.8 Å². The van der Waals surface area contributed by atoms with Gasteiger partial charge in [-0.05, 0) is 34.1 Å². The molecule has 1 aromatic carbocycles. The Balaban J connectivity index is 2.39. The van der Waals surface area contributed by atoms with Crippen LogP contribution < -0.4 is 0 Å². The van der Waals surface area contributed by atoms with E-state index >= 15 is 0 Å². The molecule has 0 saturated heterocycles. The third-order valence-electron chi connectivity index (χ3n) is 2.15. The van der Waals surface area contributed by atoms with Crippen LogP contribution >= 0.6 is 15.9 Å². The molecule has 0 atom stereocenters. The quantitative estimate of drug-likeness (QED) is 0.918. The number of aromatic hydroxyl groups is 1. The van der Waals surface area contributed by atoms with E-state index in [4.69, 9.17) is 4.52 Å². The van der Waals surface area contributed by atoms with Gasteiger partial charge in [-0.25, -0.2) is 0 Å². The van der Waals surface area contributed by atoms with Gasteiger partial charge >= 0.3 is 0 Å². The molecule has 2 rings (SSSR count). The van der Waals surface area contributed by atoms with Crippen molar-refractivity contribution in [3.8, 4) is 17.2 Å². The fourth-order valence-corrected chi connectivity index (χ4v) is 1.48. The van der Waals surface area contributed by atoms with Crippen molar-refractivity contribution < 1.29 is 9.63 Å². The lowest BCUT2D eigenvalue weighted by Gasteiger charge is -1.98. The second kappa shape index (κ2) is 4.25. The van der Waals surface area contributed by atoms with Gasteiger partial charge in [-0.1, -0.05) is 19.0 Å². The molecule has 0 bridgehead atoms. The van der Waals surface area contributed by atoms with E-state index in [1.54, 1.807) is 18.2 Å². The zero-order chi connectivity index (χ0) is 11.7. The summed E-state index contributed by atoms with van der Waals surface area (Å²) in [5, 5.41) is 13.4. The van der Waals surface area contributed by atoms with Crippen LogP contribution in [-0.2, 0) is 0 Å². The van der Waals surface area contributed by atoms with Crippen molar-refractivity contribution in [1.82, 2.24) is 10.1 Å². The molecule has 5 heteroatoms. The molecule has 0 radical (unpaired) electrons. The summed E-state index contributed by atoms with van der Waals surface area (Å²) in [7, 11) is 0. The predicted octanol–water partition coefficient (Wildman–Crippen LogP) is 3.33. The van der Waals surface area contributed by atoms with E-state index in [9.17, 15) is 5.11 Å². The molecule has 0 fully saturated rings. The van der Waals surface area contributed by atoms with Crippen molar-refractivity contribution in [1.29, 1.82) is 0 Å². The van der Waals surface area contributed by atoms with E-state index in [1.165, 1.54) is 0 Å². The normalized spacial score (nSPS) is 11.0. The lowest BCUT2D eigenvalue weighted by Crippen LogP contribution is -1.89. The molecule has 1 N–H and O–H groups in total. The minimum absolute atomic E-state index is 0.154. The first-order chi connectivity index (χ1) is 7.58. The van der Waals surface area contributed by atoms with Gasteiger partial charge in [-0.15, -0.1) is 0 Å². The highest BCUT2D eigenvalue weighted by atomic mass is 79.9. The molecule has 4 nitrogen and oxygen atoms in total. The second-order valence-corrected chi connectivity index (χ2v) is 4.63. The van der Waals surface area contributed by atoms with Gasteiger partial charge in [0.2, 0.25) is 0 Å². The van der Waals surface area contributed by atoms with E-state index in [0.29, 0.717) is 21.8 Å². The van der Waals surface area contributed by atoms with Crippen LogP contribution in [0.15, 0.2) is 27.2 Å². The molecule has 0 saturated carbocycles. The Kier molecular flexibility index (Phi) is 2.96. The summed E-state index contributed by atoms with van der Waals surface area (Å²) in [6.07, 6.45) is 0. The molecule has 84 valence electrons. The summed E-state index contributed by atoms with van der Waals surface area (Å²) in [6, 6.07) is 5.13. The average Bonchev–Trinajstić information content (AvgIpc) is 2.71. The van der Waals surface area contributed by atoms with E-state index < -0.39 is 0 Å². The van der Waals surface area contributed by atoms with Gasteiger partial charge in [-0.3, -0.25) is 0 Å². The van der Waals surface area contributed by atoms with Crippen LogP contribution in [0.1, 0.15) is 25.6 Å². The number of rotatable bonds is 2. The van der Waals surface area contributed by atoms with Gasteiger partial charge in [0.15, 0.2) is 5.82 Å². The SMILES string of the molecule is CC(C)c1noc(-c2ccc(Br)c(O)c2)n1. The summed E-state index contributed by atoms with van der Waals surface area (Å²) in [5.74, 6) is 1.47. The summed E-state index contributed by atoms with van der Waals surface area (Å²) in [6.45, 7) is 3.99. The highest BCUT2D eigenvalue weighted by molar-refractivity contribution is 9.10. The first-order valence-electron chi connectivity index (χ1n) is 4.90. The third kappa shape index (κ3) is 2.09. The van der Waals surface area contributed by atoms with Crippen LogP contribution in [0.2, 0.25) is 0 Å². The fourth-order valence-electron chi connectivity index (χ4n) is 1.23. The second-order valence-electron chi connectivity index (χ2n) is 3.78. The molecule has 16 heavy (non-hydrogen) atoms. The lowest BCUT2D eigenvalue weighted by molar-refractivity contribution is 0.418. The molecule has 0 aliphatic heterocycles. The number of benzene rings is 1. The summed E-state index contributed by atoms with van der Waals surface area (Å²) in [4.78, 5) is 4.25. The Hall–Kier alpha value is -1.36. The number of nitrogens with zero attached hydrogens (tertiary/aromatic N) is 2. The van der Waals surface area contributed by atoms with Crippen LogP contribution in [0, 0.1) is 0 Å². The minimum atomic E-state index is 0.154. The topological polar surface area (TPSA) is 59.2 Å². The summed E-state index contributed by atoms with van der Waals surface area (Å²) in [5.41, 5.74) is 0.708. The van der Waals surface area contributed by atoms with Crippen molar-refractivity contribution >= 4 is 15.9 Å². The molecule has 0 aliphatic carbocycles. The minimum Gasteiger partial charge on any atom is -0.507 e. The average molecular weight is 283 g/mol. The van der Waals surface area contributed by atoms with Gasteiger partial charge in [0.25, 0.3) is 5.89 Å². The summed E-state index contributed by atoms with van der Waals surface area (Å²) < 4.78 is 5.76. The maximum atomic E-state index is 9.54. The smallest absolute Gasteiger partial charge is 0.258 e. The monoisotopic (exact) mass is 282 g/mol. The highest BCUT2D eigenvalue weighted by Crippen LogP contribution is 2.29. The Labute approximate surface area is 101 Å². The molecule has 0 aliphatic rings. The van der Waals surface area contributed by atoms with Crippen molar-refractivity contribution in [3.63, 3.8) is 0 Å². The van der Waals surface area contributed by atoms with Gasteiger partial charge in [0.05, 0.1) is 4.47 Å². The highest BCUT2D eigenvalue weighted by Gasteiger charge is 2.12. The molecular weight excluding hydrogens is 272 g/mol. The first-order valence-corrected chi connectivity index (χ1v) is 5.69. The van der Waals surface area contributed by atoms with Crippen LogP contribution in [0.3, 0.4) is 0 Å². The van der Waals surface area contributed by atoms with E-state index in [0.717, 1.165) is 0 Å². The molecule has 1 aromatic heterocycles. The number of hydrogen-bond donors (Lipinski definition) is 1. The zero-order valence-corrected chi connectivity index (χ0v) is 10.5. The molecular formula is C11H11BrN2O2. The number of aromatic nitrogens is 2. The van der Waals surface area contributed by atoms with Crippen molar-refractivity contribution in [2.75, 3.05) is 0 Å². The third-order valence-corrected chi connectivity index (χ3v) is 2.82. The fraction of sp³-hybridized carbons (Fsp3) is 0.273. The van der Waals surface area contributed by atoms with Crippen LogP contribution in [0.5, 0.6) is 5.75 Å². The maximum absolute atomic E-state index is 9.54. The zero-order valence-electron chi connectivity index (χ0n) is 8.94. The lowest BCUT2D eigenvalue weighted by atomic mass is 10.2. The molecule has 0 spiro atoms. The van der Waals surface area contributed by atoms with Gasteiger partial charge in [0, 0.05) is 11.5 Å². The first kappa shape index (κ1) is 11.1. The molecule has 2 aromatic rings. The van der Waals surface area contributed by atoms with Crippen molar-refractivity contribution in [2.24, 2.45) is 0 Å². The molecule has 0 amide bonds. The number of phenolic OH excluding ortho intramolecular Hbond substituents is 1. The van der Waals surface area contributed by atoms with Crippen LogP contribution in [-0.4, -0.2) is 15.2 Å².